The molecule has 0 spiro atoms. The maximum Gasteiger partial charge on any atom is 0.242 e. The van der Waals surface area contributed by atoms with E-state index in [1.165, 1.54) is 11.1 Å². The first kappa shape index (κ1) is 21.9. The Morgan fingerprint density at radius 3 is 2.74 bits per heavy atom. The number of benzene rings is 1. The van der Waals surface area contributed by atoms with E-state index < -0.39 is 23.4 Å². The second-order valence-electron chi connectivity index (χ2n) is 9.76. The lowest BCUT2D eigenvalue weighted by atomic mass is 9.61. The van der Waals surface area contributed by atoms with Crippen LogP contribution in [0.3, 0.4) is 0 Å². The van der Waals surface area contributed by atoms with Gasteiger partial charge in [0.2, 0.25) is 5.95 Å². The van der Waals surface area contributed by atoms with Crippen LogP contribution in [0.1, 0.15) is 49.2 Å². The second-order valence-corrected chi connectivity index (χ2v) is 10.5. The molecule has 2 aliphatic heterocycles. The van der Waals surface area contributed by atoms with Crippen LogP contribution in [0, 0.1) is 42.1 Å². The molecule has 6 rings (SSSR count). The fraction of sp³-hybridized carbons (Fsp3) is 0.542. The number of hydrogen-bond acceptors (Lipinski definition) is 6. The maximum atomic E-state index is 14.5. The quantitative estimate of drug-likeness (QED) is 0.515. The molecule has 1 saturated carbocycles. The molecule has 6 nitrogen and oxygen atoms in total. The van der Waals surface area contributed by atoms with E-state index in [1.54, 1.807) is 16.2 Å². The molecule has 34 heavy (non-hydrogen) atoms. The summed E-state index contributed by atoms with van der Waals surface area (Å²) < 4.78 is 48.1. The smallest absolute Gasteiger partial charge is 0.242 e. The molecule has 1 saturated heterocycles. The summed E-state index contributed by atoms with van der Waals surface area (Å²) in [6, 6.07) is 4.74. The fourth-order valence-electron chi connectivity index (χ4n) is 6.24. The number of halogens is 3. The molecule has 3 aromatic rings. The standard InChI is InChI=1S/C24H27F3N6S/c1-3-13-16-10-32(19-9-12(2)31-34-19)11-17(16)22(13)28-24-29-23-15(5-4-8-33(23)30-24)14-6-7-18(25)21(27)20(14)26/h6-7,9,13,15-17,22H,3-5,8,10-11H2,1-2H3,(H,28,30)/t13?,15?,16?,17-,22-/m1/s1. The monoisotopic (exact) mass is 488 g/mol. The Morgan fingerprint density at radius 2 is 1.97 bits per heavy atom. The SMILES string of the molecule is CCC1C2CN(c3cc(C)ns3)C[C@H]2[C@@H]1Nc1nc2n(n1)CCCC2c1ccc(F)c(F)c1F. The summed E-state index contributed by atoms with van der Waals surface area (Å²) in [4.78, 5) is 7.17. The van der Waals surface area contributed by atoms with E-state index in [2.05, 4.69) is 32.7 Å². The molecular formula is C24H27F3N6S. The third-order valence-corrected chi connectivity index (χ3v) is 8.84. The fourth-order valence-corrected chi connectivity index (χ4v) is 7.02. The summed E-state index contributed by atoms with van der Waals surface area (Å²) >= 11 is 1.56. The molecule has 2 aromatic heterocycles. The predicted octanol–water partition coefficient (Wildman–Crippen LogP) is 4.96. The number of fused-ring (bicyclic) bond motifs is 2. The van der Waals surface area contributed by atoms with Gasteiger partial charge in [-0.15, -0.1) is 5.10 Å². The van der Waals surface area contributed by atoms with Gasteiger partial charge in [-0.1, -0.05) is 19.4 Å². The lowest BCUT2D eigenvalue weighted by Crippen LogP contribution is -2.54. The summed E-state index contributed by atoms with van der Waals surface area (Å²) in [6.07, 6.45) is 2.47. The van der Waals surface area contributed by atoms with Crippen LogP contribution in [0.5, 0.6) is 0 Å². The normalized spacial score (nSPS) is 27.9. The average molecular weight is 489 g/mol. The predicted molar refractivity (Wildman–Crippen MR) is 125 cm³/mol. The minimum Gasteiger partial charge on any atom is -0.362 e. The van der Waals surface area contributed by atoms with Crippen LogP contribution in [-0.2, 0) is 6.54 Å². The third-order valence-electron chi connectivity index (χ3n) is 7.89. The van der Waals surface area contributed by atoms with Crippen molar-refractivity contribution in [2.45, 2.75) is 51.6 Å². The van der Waals surface area contributed by atoms with Gasteiger partial charge in [0, 0.05) is 43.1 Å². The molecule has 10 heteroatoms. The van der Waals surface area contributed by atoms with Gasteiger partial charge < -0.3 is 10.2 Å². The van der Waals surface area contributed by atoms with Crippen LogP contribution in [0.25, 0.3) is 0 Å². The van der Waals surface area contributed by atoms with Gasteiger partial charge in [0.1, 0.15) is 10.8 Å². The number of aromatic nitrogens is 4. The number of aryl methyl sites for hydroxylation is 2. The zero-order valence-corrected chi connectivity index (χ0v) is 20.0. The molecule has 180 valence electrons. The maximum absolute atomic E-state index is 14.5. The molecule has 3 unspecified atom stereocenters. The highest BCUT2D eigenvalue weighted by atomic mass is 32.1. The Kier molecular flexibility index (Phi) is 5.31. The molecule has 0 amide bonds. The Labute approximate surface area is 200 Å². The van der Waals surface area contributed by atoms with Gasteiger partial charge in [-0.3, -0.25) is 0 Å². The molecule has 3 aliphatic rings. The largest absolute Gasteiger partial charge is 0.362 e. The van der Waals surface area contributed by atoms with Crippen molar-refractivity contribution in [3.05, 3.63) is 52.7 Å². The first-order chi connectivity index (χ1) is 16.4. The molecule has 2 fully saturated rings. The van der Waals surface area contributed by atoms with E-state index in [4.69, 9.17) is 4.98 Å². The summed E-state index contributed by atoms with van der Waals surface area (Å²) in [5.74, 6) is -1.37. The van der Waals surface area contributed by atoms with E-state index in [-0.39, 0.29) is 11.6 Å². The minimum absolute atomic E-state index is 0.139. The van der Waals surface area contributed by atoms with E-state index in [9.17, 15) is 13.2 Å². The van der Waals surface area contributed by atoms with Crippen molar-refractivity contribution in [2.75, 3.05) is 23.3 Å². The minimum atomic E-state index is -1.43. The Morgan fingerprint density at radius 1 is 1.15 bits per heavy atom. The van der Waals surface area contributed by atoms with Crippen LogP contribution < -0.4 is 10.2 Å². The van der Waals surface area contributed by atoms with Gasteiger partial charge in [-0.2, -0.15) is 9.36 Å². The van der Waals surface area contributed by atoms with Crippen molar-refractivity contribution in [1.29, 1.82) is 0 Å². The highest BCUT2D eigenvalue weighted by Gasteiger charge is 2.54. The number of nitrogens with zero attached hydrogens (tertiary/aromatic N) is 5. The van der Waals surface area contributed by atoms with Crippen LogP contribution in [0.15, 0.2) is 18.2 Å². The Bertz CT molecular complexity index is 1230. The van der Waals surface area contributed by atoms with Gasteiger partial charge in [0.25, 0.3) is 0 Å². The van der Waals surface area contributed by atoms with Gasteiger partial charge in [0.05, 0.1) is 5.69 Å². The van der Waals surface area contributed by atoms with Gasteiger partial charge in [-0.05, 0) is 55.3 Å². The molecule has 0 bridgehead atoms. The topological polar surface area (TPSA) is 58.9 Å². The van der Waals surface area contributed by atoms with E-state index >= 15 is 0 Å². The molecule has 1 aromatic carbocycles. The number of anilines is 2. The highest BCUT2D eigenvalue weighted by molar-refractivity contribution is 7.10. The number of nitrogens with one attached hydrogen (secondary N) is 1. The molecular weight excluding hydrogens is 461 g/mol. The summed E-state index contributed by atoms with van der Waals surface area (Å²) in [5.41, 5.74) is 1.20. The van der Waals surface area contributed by atoms with Gasteiger partial charge in [-0.25, -0.2) is 17.9 Å². The number of hydrogen-bond donors (Lipinski definition) is 1. The van der Waals surface area contributed by atoms with Crippen molar-refractivity contribution in [3.63, 3.8) is 0 Å². The highest BCUT2D eigenvalue weighted by Crippen LogP contribution is 2.50. The second kappa shape index (κ2) is 8.25. The van der Waals surface area contributed by atoms with E-state index in [0.717, 1.165) is 37.7 Å². The molecule has 0 radical (unpaired) electrons. The van der Waals surface area contributed by atoms with Gasteiger partial charge in [0.15, 0.2) is 17.5 Å². The number of rotatable bonds is 5. The van der Waals surface area contributed by atoms with Crippen molar-refractivity contribution in [3.8, 4) is 0 Å². The molecule has 4 heterocycles. The van der Waals surface area contributed by atoms with E-state index in [1.807, 2.05) is 6.92 Å². The van der Waals surface area contributed by atoms with Crippen LogP contribution in [0.2, 0.25) is 0 Å². The van der Waals surface area contributed by atoms with Crippen molar-refractivity contribution in [2.24, 2.45) is 17.8 Å². The first-order valence-electron chi connectivity index (χ1n) is 12.0. The molecule has 1 aliphatic carbocycles. The summed E-state index contributed by atoms with van der Waals surface area (Å²) in [7, 11) is 0. The van der Waals surface area contributed by atoms with Crippen molar-refractivity contribution in [1.82, 2.24) is 19.1 Å². The lowest BCUT2D eigenvalue weighted by Gasteiger charge is -2.47. The lowest BCUT2D eigenvalue weighted by molar-refractivity contribution is 0.0915. The zero-order chi connectivity index (χ0) is 23.6. The van der Waals surface area contributed by atoms with E-state index in [0.29, 0.717) is 42.5 Å². The van der Waals surface area contributed by atoms with Crippen LogP contribution >= 0.6 is 11.5 Å². The van der Waals surface area contributed by atoms with Crippen LogP contribution in [-0.4, -0.2) is 38.3 Å². The molecule has 1 N–H and O–H groups in total. The summed E-state index contributed by atoms with van der Waals surface area (Å²) in [6.45, 7) is 6.96. The van der Waals surface area contributed by atoms with Crippen LogP contribution in [0.4, 0.5) is 24.1 Å². The first-order valence-corrected chi connectivity index (χ1v) is 12.7. The van der Waals surface area contributed by atoms with Crippen molar-refractivity contribution < 1.29 is 13.2 Å². The average Bonchev–Trinajstić information content (AvgIpc) is 3.53. The molecule has 5 atom stereocenters. The summed E-state index contributed by atoms with van der Waals surface area (Å²) in [5, 5.41) is 9.48. The van der Waals surface area contributed by atoms with Gasteiger partial charge >= 0.3 is 0 Å². The third kappa shape index (κ3) is 3.40. The Balaban J connectivity index is 1.23. The van der Waals surface area contributed by atoms with Crippen molar-refractivity contribution >= 4 is 22.5 Å². The Hall–Kier alpha value is -2.62. The zero-order valence-electron chi connectivity index (χ0n) is 19.1.